The van der Waals surface area contributed by atoms with E-state index in [4.69, 9.17) is 4.42 Å². The summed E-state index contributed by atoms with van der Waals surface area (Å²) in [6.45, 7) is 6.83. The Balaban J connectivity index is 1.90. The van der Waals surface area contributed by atoms with E-state index >= 15 is 0 Å². The van der Waals surface area contributed by atoms with E-state index in [-0.39, 0.29) is 5.91 Å². The first-order chi connectivity index (χ1) is 10.0. The highest BCUT2D eigenvalue weighted by Crippen LogP contribution is 2.19. The molecule has 0 spiro atoms. The molecule has 0 unspecified atom stereocenters. The van der Waals surface area contributed by atoms with Gasteiger partial charge >= 0.3 is 0 Å². The summed E-state index contributed by atoms with van der Waals surface area (Å²) < 4.78 is 5.60. The third kappa shape index (κ3) is 4.70. The Morgan fingerprint density at radius 3 is 2.86 bits per heavy atom. The van der Waals surface area contributed by atoms with Crippen molar-refractivity contribution in [3.05, 3.63) is 35.7 Å². The zero-order chi connectivity index (χ0) is 15.2. The fourth-order valence-electron chi connectivity index (χ4n) is 1.88. The highest BCUT2D eigenvalue weighted by atomic mass is 16.4. The van der Waals surface area contributed by atoms with Crippen molar-refractivity contribution in [3.63, 3.8) is 0 Å². The van der Waals surface area contributed by atoms with Gasteiger partial charge < -0.3 is 9.73 Å². The molecule has 0 aliphatic carbocycles. The van der Waals surface area contributed by atoms with E-state index in [1.54, 1.807) is 0 Å². The van der Waals surface area contributed by atoms with Crippen molar-refractivity contribution < 1.29 is 9.21 Å². The van der Waals surface area contributed by atoms with E-state index in [0.717, 1.165) is 11.1 Å². The average Bonchev–Trinajstić information content (AvgIpc) is 2.92. The minimum absolute atomic E-state index is 0.0130. The standard InChI is InChI=1S/C16H21N3O2/c1-11(2)10-17-14(20)7-8-15-18-19-16(21-15)13-6-4-5-12(3)9-13/h4-6,9,11H,7-8,10H2,1-3H3,(H,17,20). The molecule has 5 nitrogen and oxygen atoms in total. The lowest BCUT2D eigenvalue weighted by molar-refractivity contribution is -0.121. The molecule has 2 rings (SSSR count). The van der Waals surface area contributed by atoms with Crippen LogP contribution in [-0.2, 0) is 11.2 Å². The second kappa shape index (κ2) is 7.02. The Labute approximate surface area is 124 Å². The Kier molecular flexibility index (Phi) is 5.09. The van der Waals surface area contributed by atoms with Crippen LogP contribution in [0.3, 0.4) is 0 Å². The lowest BCUT2D eigenvalue weighted by Crippen LogP contribution is -2.27. The second-order valence-corrected chi connectivity index (χ2v) is 5.57. The lowest BCUT2D eigenvalue weighted by atomic mass is 10.1. The minimum Gasteiger partial charge on any atom is -0.421 e. The molecule has 1 N–H and O–H groups in total. The molecule has 2 aromatic rings. The van der Waals surface area contributed by atoms with Crippen LogP contribution in [0, 0.1) is 12.8 Å². The van der Waals surface area contributed by atoms with Gasteiger partial charge in [-0.25, -0.2) is 0 Å². The predicted molar refractivity (Wildman–Crippen MR) is 80.6 cm³/mol. The summed E-state index contributed by atoms with van der Waals surface area (Å²) in [5.74, 6) is 1.45. The third-order valence-corrected chi connectivity index (χ3v) is 3.01. The van der Waals surface area contributed by atoms with Crippen LogP contribution in [0.4, 0.5) is 0 Å². The number of amides is 1. The lowest BCUT2D eigenvalue weighted by Gasteiger charge is -2.06. The number of hydrogen-bond donors (Lipinski definition) is 1. The number of nitrogens with one attached hydrogen (secondary N) is 1. The van der Waals surface area contributed by atoms with Crippen LogP contribution in [0.15, 0.2) is 28.7 Å². The number of rotatable bonds is 6. The molecule has 1 amide bonds. The topological polar surface area (TPSA) is 68.0 Å². The molecule has 21 heavy (non-hydrogen) atoms. The number of carbonyl (C=O) groups is 1. The minimum atomic E-state index is 0.0130. The zero-order valence-corrected chi connectivity index (χ0v) is 12.7. The van der Waals surface area contributed by atoms with Crippen molar-refractivity contribution in [2.24, 2.45) is 5.92 Å². The fraction of sp³-hybridized carbons (Fsp3) is 0.438. The first-order valence-electron chi connectivity index (χ1n) is 7.20. The third-order valence-electron chi connectivity index (χ3n) is 3.01. The van der Waals surface area contributed by atoms with Gasteiger partial charge in [-0.15, -0.1) is 10.2 Å². The molecule has 1 aromatic heterocycles. The quantitative estimate of drug-likeness (QED) is 0.887. The van der Waals surface area contributed by atoms with Crippen molar-refractivity contribution in [1.29, 1.82) is 0 Å². The Morgan fingerprint density at radius 1 is 1.33 bits per heavy atom. The van der Waals surface area contributed by atoms with Gasteiger partial charge in [0.25, 0.3) is 0 Å². The van der Waals surface area contributed by atoms with Gasteiger partial charge in [-0.1, -0.05) is 31.5 Å². The molecule has 0 fully saturated rings. The van der Waals surface area contributed by atoms with Gasteiger partial charge in [-0.05, 0) is 25.0 Å². The maximum Gasteiger partial charge on any atom is 0.247 e. The smallest absolute Gasteiger partial charge is 0.247 e. The van der Waals surface area contributed by atoms with E-state index in [9.17, 15) is 4.79 Å². The van der Waals surface area contributed by atoms with Crippen molar-refractivity contribution in [2.75, 3.05) is 6.54 Å². The number of hydrogen-bond acceptors (Lipinski definition) is 4. The molecule has 0 radical (unpaired) electrons. The molecule has 0 saturated carbocycles. The van der Waals surface area contributed by atoms with Crippen molar-refractivity contribution >= 4 is 5.91 Å². The first kappa shape index (κ1) is 15.2. The Hall–Kier alpha value is -2.17. The van der Waals surface area contributed by atoms with Crippen molar-refractivity contribution in [1.82, 2.24) is 15.5 Å². The van der Waals surface area contributed by atoms with E-state index in [1.807, 2.05) is 31.2 Å². The van der Waals surface area contributed by atoms with Gasteiger partial charge in [0.2, 0.25) is 17.7 Å². The maximum atomic E-state index is 11.6. The van der Waals surface area contributed by atoms with Gasteiger partial charge in [0.05, 0.1) is 0 Å². The molecule has 1 heterocycles. The predicted octanol–water partition coefficient (Wildman–Crippen LogP) is 2.75. The fourth-order valence-corrected chi connectivity index (χ4v) is 1.88. The molecule has 5 heteroatoms. The summed E-state index contributed by atoms with van der Waals surface area (Å²) in [5, 5.41) is 10.9. The van der Waals surface area contributed by atoms with E-state index in [1.165, 1.54) is 0 Å². The normalized spacial score (nSPS) is 10.9. The van der Waals surface area contributed by atoms with E-state index in [0.29, 0.717) is 37.1 Å². The van der Waals surface area contributed by atoms with Crippen molar-refractivity contribution in [3.8, 4) is 11.5 Å². The maximum absolute atomic E-state index is 11.6. The summed E-state index contributed by atoms with van der Waals surface area (Å²) in [4.78, 5) is 11.6. The molecule has 0 bridgehead atoms. The number of aryl methyl sites for hydroxylation is 2. The van der Waals surface area contributed by atoms with E-state index < -0.39 is 0 Å². The monoisotopic (exact) mass is 287 g/mol. The number of nitrogens with zero attached hydrogens (tertiary/aromatic N) is 2. The van der Waals surface area contributed by atoms with Crippen LogP contribution in [0.2, 0.25) is 0 Å². The first-order valence-corrected chi connectivity index (χ1v) is 7.20. The van der Waals surface area contributed by atoms with Crippen molar-refractivity contribution in [2.45, 2.75) is 33.6 Å². The van der Waals surface area contributed by atoms with Gasteiger partial charge in [0, 0.05) is 24.9 Å². The molecule has 0 atom stereocenters. The van der Waals surface area contributed by atoms with Crippen LogP contribution in [0.1, 0.15) is 31.7 Å². The zero-order valence-electron chi connectivity index (χ0n) is 12.7. The average molecular weight is 287 g/mol. The van der Waals surface area contributed by atoms with Gasteiger partial charge in [-0.3, -0.25) is 4.79 Å². The molecule has 0 aliphatic rings. The summed E-state index contributed by atoms with van der Waals surface area (Å²) in [6, 6.07) is 7.89. The SMILES string of the molecule is Cc1cccc(-c2nnc(CCC(=O)NCC(C)C)o2)c1. The highest BCUT2D eigenvalue weighted by Gasteiger charge is 2.10. The summed E-state index contributed by atoms with van der Waals surface area (Å²) in [6.07, 6.45) is 0.824. The summed E-state index contributed by atoms with van der Waals surface area (Å²) >= 11 is 0. The van der Waals surface area contributed by atoms with E-state index in [2.05, 4.69) is 29.4 Å². The highest BCUT2D eigenvalue weighted by molar-refractivity contribution is 5.76. The number of carbonyl (C=O) groups excluding carboxylic acids is 1. The molecule has 112 valence electrons. The molecule has 0 aliphatic heterocycles. The molecule has 1 aromatic carbocycles. The summed E-state index contributed by atoms with van der Waals surface area (Å²) in [7, 11) is 0. The van der Waals surface area contributed by atoms with Crippen LogP contribution < -0.4 is 5.32 Å². The van der Waals surface area contributed by atoms with Gasteiger partial charge in [0.1, 0.15) is 0 Å². The second-order valence-electron chi connectivity index (χ2n) is 5.57. The Bertz CT molecular complexity index is 605. The molecular weight excluding hydrogens is 266 g/mol. The van der Waals surface area contributed by atoms with Gasteiger partial charge in [0.15, 0.2) is 0 Å². The number of benzene rings is 1. The van der Waals surface area contributed by atoms with Crippen LogP contribution in [-0.4, -0.2) is 22.6 Å². The van der Waals surface area contributed by atoms with Crippen LogP contribution in [0.5, 0.6) is 0 Å². The van der Waals surface area contributed by atoms with Crippen LogP contribution in [0.25, 0.3) is 11.5 Å². The summed E-state index contributed by atoms with van der Waals surface area (Å²) in [5.41, 5.74) is 2.04. The molecular formula is C16H21N3O2. The molecule has 0 saturated heterocycles. The Morgan fingerprint density at radius 2 is 2.14 bits per heavy atom. The van der Waals surface area contributed by atoms with Gasteiger partial charge in [-0.2, -0.15) is 0 Å². The number of aromatic nitrogens is 2. The largest absolute Gasteiger partial charge is 0.421 e. The van der Waals surface area contributed by atoms with Crippen LogP contribution >= 0.6 is 0 Å².